The van der Waals surface area contributed by atoms with Gasteiger partial charge in [0.2, 0.25) is 0 Å². The minimum Gasteiger partial charge on any atom is -0.290 e. The molecule has 0 radical (unpaired) electrons. The smallest absolute Gasteiger partial charge is 0.186 e. The third kappa shape index (κ3) is 3.36. The number of carbonyl (C=O) groups is 4. The highest BCUT2D eigenvalue weighted by molar-refractivity contribution is 6.22. The molecule has 0 unspecified atom stereocenters. The first-order chi connectivity index (χ1) is 9.99. The molecule has 0 spiro atoms. The van der Waals surface area contributed by atoms with Crippen LogP contribution in [-0.4, -0.2) is 23.1 Å². The van der Waals surface area contributed by atoms with E-state index in [1.807, 2.05) is 0 Å². The average molecular weight is 280 g/mol. The Morgan fingerprint density at radius 3 is 1.57 bits per heavy atom. The fourth-order valence-corrected chi connectivity index (χ4v) is 1.87. The summed E-state index contributed by atoms with van der Waals surface area (Å²) in [7, 11) is 0. The van der Waals surface area contributed by atoms with Gasteiger partial charge in [-0.2, -0.15) is 0 Å². The van der Waals surface area contributed by atoms with Gasteiger partial charge in [-0.15, -0.1) is 0 Å². The molecule has 0 saturated carbocycles. The van der Waals surface area contributed by atoms with Crippen LogP contribution in [0.25, 0.3) is 0 Å². The number of hydrogen-bond acceptors (Lipinski definition) is 4. The number of rotatable bonds is 0. The maximum Gasteiger partial charge on any atom is 0.186 e. The minimum absolute atomic E-state index is 0.0744. The fourth-order valence-electron chi connectivity index (χ4n) is 1.87. The van der Waals surface area contributed by atoms with E-state index in [1.165, 1.54) is 30.4 Å². The summed E-state index contributed by atoms with van der Waals surface area (Å²) in [5.74, 6) is -0.364. The van der Waals surface area contributed by atoms with Crippen molar-refractivity contribution in [1.82, 2.24) is 0 Å². The molecule has 3 rings (SSSR count). The normalized spacial score (nSPS) is 16.1. The van der Waals surface area contributed by atoms with Crippen molar-refractivity contribution in [3.63, 3.8) is 0 Å². The van der Waals surface area contributed by atoms with E-state index >= 15 is 0 Å². The predicted molar refractivity (Wildman–Crippen MR) is 77.2 cm³/mol. The van der Waals surface area contributed by atoms with Crippen LogP contribution in [-0.2, 0) is 9.59 Å². The van der Waals surface area contributed by atoms with Crippen molar-refractivity contribution in [2.75, 3.05) is 0 Å². The Hall–Kier alpha value is -2.88. The first-order valence-electron chi connectivity index (χ1n) is 6.29. The molecule has 21 heavy (non-hydrogen) atoms. The van der Waals surface area contributed by atoms with Gasteiger partial charge in [0.1, 0.15) is 0 Å². The molecule has 0 aliphatic heterocycles. The van der Waals surface area contributed by atoms with Crippen molar-refractivity contribution in [3.05, 3.63) is 71.3 Å². The van der Waals surface area contributed by atoms with Gasteiger partial charge in [-0.05, 0) is 37.3 Å². The molecule has 4 heteroatoms. The second kappa shape index (κ2) is 6.05. The molecule has 0 heterocycles. The Morgan fingerprint density at radius 1 is 0.667 bits per heavy atom. The minimum atomic E-state index is -0.105. The maximum atomic E-state index is 11.2. The van der Waals surface area contributed by atoms with Gasteiger partial charge in [0.25, 0.3) is 0 Å². The van der Waals surface area contributed by atoms with Crippen LogP contribution < -0.4 is 0 Å². The molecule has 104 valence electrons. The highest BCUT2D eigenvalue weighted by Crippen LogP contribution is 2.15. The molecule has 0 atom stereocenters. The molecular formula is C17H12O4. The number of ketones is 4. The summed E-state index contributed by atoms with van der Waals surface area (Å²) in [5, 5.41) is 0. The molecule has 0 fully saturated rings. The second-order valence-corrected chi connectivity index (χ2v) is 4.53. The van der Waals surface area contributed by atoms with E-state index < -0.39 is 0 Å². The summed E-state index contributed by atoms with van der Waals surface area (Å²) in [6, 6.07) is 6.84. The van der Waals surface area contributed by atoms with E-state index in [9.17, 15) is 19.2 Å². The molecular weight excluding hydrogens is 268 g/mol. The summed E-state index contributed by atoms with van der Waals surface area (Å²) in [6.45, 7) is 1.63. The first-order valence-corrected chi connectivity index (χ1v) is 6.29. The van der Waals surface area contributed by atoms with Crippen LogP contribution in [0.3, 0.4) is 0 Å². The summed E-state index contributed by atoms with van der Waals surface area (Å²) < 4.78 is 0. The van der Waals surface area contributed by atoms with Crippen LogP contribution in [0.4, 0.5) is 0 Å². The van der Waals surface area contributed by atoms with Crippen molar-refractivity contribution in [1.29, 1.82) is 0 Å². The van der Waals surface area contributed by atoms with Gasteiger partial charge in [0.15, 0.2) is 23.1 Å². The van der Waals surface area contributed by atoms with E-state index in [0.29, 0.717) is 16.7 Å². The van der Waals surface area contributed by atoms with Gasteiger partial charge in [-0.1, -0.05) is 24.3 Å². The highest BCUT2D eigenvalue weighted by atomic mass is 16.1. The van der Waals surface area contributed by atoms with Gasteiger partial charge >= 0.3 is 0 Å². The highest BCUT2D eigenvalue weighted by Gasteiger charge is 2.16. The molecule has 2 aliphatic rings. The lowest BCUT2D eigenvalue weighted by atomic mass is 9.95. The fraction of sp³-hybridized carbons (Fsp3) is 0.0588. The van der Waals surface area contributed by atoms with Gasteiger partial charge in [0, 0.05) is 16.7 Å². The monoisotopic (exact) mass is 280 g/mol. The van der Waals surface area contributed by atoms with Crippen molar-refractivity contribution < 1.29 is 19.2 Å². The zero-order valence-electron chi connectivity index (χ0n) is 11.3. The number of allylic oxidation sites excluding steroid dienone is 6. The van der Waals surface area contributed by atoms with Crippen molar-refractivity contribution >= 4 is 23.1 Å². The molecule has 2 aliphatic carbocycles. The van der Waals surface area contributed by atoms with Crippen LogP contribution in [0.5, 0.6) is 0 Å². The number of carbonyl (C=O) groups excluding carboxylic acids is 4. The van der Waals surface area contributed by atoms with E-state index in [4.69, 9.17) is 0 Å². The number of benzene rings is 1. The lowest BCUT2D eigenvalue weighted by Gasteiger charge is -2.06. The average Bonchev–Trinajstić information content (AvgIpc) is 2.48. The molecule has 0 amide bonds. The van der Waals surface area contributed by atoms with Gasteiger partial charge in [-0.25, -0.2) is 0 Å². The van der Waals surface area contributed by atoms with Crippen LogP contribution in [0.1, 0.15) is 27.6 Å². The lowest BCUT2D eigenvalue weighted by Crippen LogP contribution is -2.10. The molecule has 0 N–H and O–H groups in total. The SMILES string of the molecule is CC1=CC(=O)C=CC1=O.O=C1C=CC(=O)c2ccccc21. The molecule has 1 aromatic carbocycles. The number of fused-ring (bicyclic) bond motifs is 1. The first kappa shape index (κ1) is 14.5. The van der Waals surface area contributed by atoms with Crippen molar-refractivity contribution in [2.45, 2.75) is 6.92 Å². The van der Waals surface area contributed by atoms with Gasteiger partial charge in [0.05, 0.1) is 0 Å². The molecule has 0 bridgehead atoms. The Balaban J connectivity index is 0.000000161. The summed E-state index contributed by atoms with van der Waals surface area (Å²) >= 11 is 0. The largest absolute Gasteiger partial charge is 0.290 e. The van der Waals surface area contributed by atoms with Crippen LogP contribution in [0.15, 0.2) is 60.2 Å². The second-order valence-electron chi connectivity index (χ2n) is 4.53. The quantitative estimate of drug-likeness (QED) is 0.684. The third-order valence-electron chi connectivity index (χ3n) is 2.99. The molecule has 1 aromatic rings. The lowest BCUT2D eigenvalue weighted by molar-refractivity contribution is -0.114. The standard InChI is InChI=1S/C10H6O2.C7H6O2/c11-9-5-6-10(12)8-4-2-1-3-7(8)9;1-5-4-6(8)2-3-7(5)9/h1-6H;2-4H,1H3. The zero-order chi connectivity index (χ0) is 15.4. The topological polar surface area (TPSA) is 68.3 Å². The zero-order valence-corrected chi connectivity index (χ0v) is 11.3. The Kier molecular flexibility index (Phi) is 4.18. The molecule has 0 saturated heterocycles. The summed E-state index contributed by atoms with van der Waals surface area (Å²) in [5.41, 5.74) is 1.53. The van der Waals surface area contributed by atoms with Gasteiger partial charge in [-0.3, -0.25) is 19.2 Å². The van der Waals surface area contributed by atoms with Crippen LogP contribution in [0.2, 0.25) is 0 Å². The van der Waals surface area contributed by atoms with E-state index in [2.05, 4.69) is 0 Å². The van der Waals surface area contributed by atoms with E-state index in [1.54, 1.807) is 31.2 Å². The molecule has 4 nitrogen and oxygen atoms in total. The van der Waals surface area contributed by atoms with E-state index in [-0.39, 0.29) is 23.1 Å². The Bertz CT molecular complexity index is 696. The predicted octanol–water partition coefficient (Wildman–Crippen LogP) is 2.26. The van der Waals surface area contributed by atoms with Gasteiger partial charge < -0.3 is 0 Å². The van der Waals surface area contributed by atoms with Crippen molar-refractivity contribution in [2.24, 2.45) is 0 Å². The number of hydrogen-bond donors (Lipinski definition) is 0. The molecule has 0 aromatic heterocycles. The van der Waals surface area contributed by atoms with Crippen LogP contribution >= 0.6 is 0 Å². The summed E-state index contributed by atoms with van der Waals surface area (Å²) in [6.07, 6.45) is 6.52. The third-order valence-corrected chi connectivity index (χ3v) is 2.99. The van der Waals surface area contributed by atoms with Crippen molar-refractivity contribution in [3.8, 4) is 0 Å². The Labute approximate surface area is 121 Å². The van der Waals surface area contributed by atoms with Crippen LogP contribution in [0, 0.1) is 0 Å². The maximum absolute atomic E-state index is 11.2. The summed E-state index contributed by atoms with van der Waals surface area (Å²) in [4.78, 5) is 43.5. The Morgan fingerprint density at radius 2 is 1.14 bits per heavy atom. The van der Waals surface area contributed by atoms with E-state index in [0.717, 1.165) is 0 Å².